The molecule has 40 heavy (non-hydrogen) atoms. The monoisotopic (exact) mass is 563 g/mol. The number of unbranched alkanes of at least 4 members (excludes halogenated alkanes) is 6. The Kier molecular flexibility index (Phi) is 12.5. The number of amides is 1. The summed E-state index contributed by atoms with van der Waals surface area (Å²) < 4.78 is 41.4. The number of carbonyl (C=O) groups is 1. The lowest BCUT2D eigenvalue weighted by Gasteiger charge is -2.36. The molecule has 0 radical (unpaired) electrons. The van der Waals surface area contributed by atoms with Crippen molar-refractivity contribution in [3.8, 4) is 0 Å². The van der Waals surface area contributed by atoms with Gasteiger partial charge in [-0.25, -0.2) is 4.98 Å². The number of nitrogens with zero attached hydrogens (tertiary/aromatic N) is 3. The van der Waals surface area contributed by atoms with Crippen molar-refractivity contribution < 1.29 is 23.1 Å². The molecule has 1 atom stereocenters. The molecule has 2 aromatic rings. The van der Waals surface area contributed by atoms with Crippen LogP contribution in [-0.2, 0) is 6.18 Å². The largest absolute Gasteiger partial charge is 0.417 e. The zero-order valence-corrected chi connectivity index (χ0v) is 23.8. The maximum atomic E-state index is 13.8. The lowest BCUT2D eigenvalue weighted by Crippen LogP contribution is -2.49. The quantitative estimate of drug-likeness (QED) is 0.176. The number of aromatic nitrogens is 1. The van der Waals surface area contributed by atoms with Crippen LogP contribution in [0.5, 0.6) is 0 Å². The van der Waals surface area contributed by atoms with Crippen LogP contribution in [0.2, 0.25) is 0 Å². The van der Waals surface area contributed by atoms with E-state index < -0.39 is 23.9 Å². The van der Waals surface area contributed by atoms with E-state index in [4.69, 9.17) is 0 Å². The molecule has 2 heterocycles. The maximum absolute atomic E-state index is 13.8. The lowest BCUT2D eigenvalue weighted by molar-refractivity contribution is -0.138. The molecule has 1 fully saturated rings. The molecule has 1 amide bonds. The van der Waals surface area contributed by atoms with Gasteiger partial charge in [-0.1, -0.05) is 52.4 Å². The summed E-state index contributed by atoms with van der Waals surface area (Å²) in [6.07, 6.45) is 4.83. The zero-order chi connectivity index (χ0) is 29.0. The van der Waals surface area contributed by atoms with Gasteiger partial charge in [0.2, 0.25) is 0 Å². The minimum atomic E-state index is -4.62. The highest BCUT2D eigenvalue weighted by molar-refractivity contribution is 5.97. The number of rotatable bonds is 15. The fraction of sp³-hybridized carbons (Fsp3) is 0.600. The molecule has 3 N–H and O–H groups in total. The first-order valence-corrected chi connectivity index (χ1v) is 14.6. The topological polar surface area (TPSA) is 80.7 Å². The maximum Gasteiger partial charge on any atom is 0.417 e. The summed E-state index contributed by atoms with van der Waals surface area (Å²) in [4.78, 5) is 21.2. The van der Waals surface area contributed by atoms with Gasteiger partial charge in [0.1, 0.15) is 12.0 Å². The Bertz CT molecular complexity index is 1060. The molecule has 1 aliphatic rings. The van der Waals surface area contributed by atoms with E-state index in [-0.39, 0.29) is 18.7 Å². The smallest absolute Gasteiger partial charge is 0.385 e. The number of hydrogen-bond acceptors (Lipinski definition) is 6. The second-order valence-electron chi connectivity index (χ2n) is 10.4. The number of hydrogen-bond donors (Lipinski definition) is 3. The number of nitrogens with one attached hydrogen (secondary N) is 2. The number of aliphatic hydroxyl groups excluding tert-OH is 1. The van der Waals surface area contributed by atoms with Gasteiger partial charge in [0.25, 0.3) is 5.91 Å². The van der Waals surface area contributed by atoms with Crippen molar-refractivity contribution in [2.24, 2.45) is 0 Å². The van der Waals surface area contributed by atoms with Crippen LogP contribution < -0.4 is 15.5 Å². The Morgan fingerprint density at radius 1 is 0.950 bits per heavy atom. The molecule has 222 valence electrons. The first-order valence-electron chi connectivity index (χ1n) is 14.6. The van der Waals surface area contributed by atoms with E-state index in [0.717, 1.165) is 57.6 Å². The molecule has 3 rings (SSSR count). The van der Waals surface area contributed by atoms with E-state index in [9.17, 15) is 23.1 Å². The Balaban J connectivity index is 1.61. The molecule has 7 nitrogen and oxygen atoms in total. The minimum Gasteiger partial charge on any atom is -0.385 e. The highest BCUT2D eigenvalue weighted by Gasteiger charge is 2.37. The van der Waals surface area contributed by atoms with E-state index in [1.807, 2.05) is 11.0 Å². The number of alkyl halides is 3. The predicted octanol–water partition coefficient (Wildman–Crippen LogP) is 6.22. The number of benzene rings is 1. The first-order chi connectivity index (χ1) is 19.2. The van der Waals surface area contributed by atoms with E-state index >= 15 is 0 Å². The van der Waals surface area contributed by atoms with Crippen LogP contribution in [0.3, 0.4) is 0 Å². The second-order valence-corrected chi connectivity index (χ2v) is 10.4. The summed E-state index contributed by atoms with van der Waals surface area (Å²) in [5.74, 6) is 0.0488. The number of anilines is 2. The molecule has 0 saturated carbocycles. The molecule has 10 heteroatoms. The molecule has 1 saturated heterocycles. The van der Waals surface area contributed by atoms with E-state index in [2.05, 4.69) is 29.5 Å². The van der Waals surface area contributed by atoms with E-state index in [0.29, 0.717) is 36.7 Å². The molecule has 1 unspecified atom stereocenters. The SMILES string of the molecule is CCCCCCNc1ccc(C(F)(F)F)c(C(=O)N2CCN(c3cc(C(O)NCCCCCC)ccn3)CC2)c1. The van der Waals surface area contributed by atoms with Crippen LogP contribution in [0.25, 0.3) is 0 Å². The van der Waals surface area contributed by atoms with Gasteiger partial charge in [0.05, 0.1) is 11.1 Å². The summed E-state index contributed by atoms with van der Waals surface area (Å²) in [6, 6.07) is 7.30. The van der Waals surface area contributed by atoms with Crippen LogP contribution >= 0.6 is 0 Å². The van der Waals surface area contributed by atoms with Crippen LogP contribution in [0.1, 0.15) is 92.9 Å². The molecule has 0 spiro atoms. The average molecular weight is 564 g/mol. The van der Waals surface area contributed by atoms with Gasteiger partial charge < -0.3 is 20.2 Å². The fourth-order valence-electron chi connectivity index (χ4n) is 4.86. The minimum absolute atomic E-state index is 0.273. The Morgan fingerprint density at radius 3 is 2.27 bits per heavy atom. The number of halogens is 3. The van der Waals surface area contributed by atoms with Crippen molar-refractivity contribution in [2.75, 3.05) is 49.5 Å². The number of aliphatic hydroxyl groups is 1. The van der Waals surface area contributed by atoms with Crippen LogP contribution in [0.15, 0.2) is 36.5 Å². The van der Waals surface area contributed by atoms with Crippen LogP contribution in [-0.4, -0.2) is 60.2 Å². The van der Waals surface area contributed by atoms with E-state index in [1.165, 1.54) is 23.5 Å². The lowest BCUT2D eigenvalue weighted by atomic mass is 10.0. The number of carbonyl (C=O) groups excluding carboxylic acids is 1. The third-order valence-electron chi connectivity index (χ3n) is 7.26. The van der Waals surface area contributed by atoms with Gasteiger partial charge in [-0.05, 0) is 49.7 Å². The zero-order valence-electron chi connectivity index (χ0n) is 23.8. The Labute approximate surface area is 236 Å². The van der Waals surface area contributed by atoms with Gasteiger partial charge in [-0.2, -0.15) is 13.2 Å². The number of piperazine rings is 1. The summed E-state index contributed by atoms with van der Waals surface area (Å²) in [5.41, 5.74) is -0.0207. The van der Waals surface area contributed by atoms with Gasteiger partial charge in [0, 0.05) is 50.2 Å². The third kappa shape index (κ3) is 9.37. The molecule has 1 aromatic heterocycles. The van der Waals surface area contributed by atoms with Crippen molar-refractivity contribution in [3.63, 3.8) is 0 Å². The molecule has 0 bridgehead atoms. The van der Waals surface area contributed by atoms with Gasteiger partial charge in [0.15, 0.2) is 0 Å². The van der Waals surface area contributed by atoms with Gasteiger partial charge in [-0.15, -0.1) is 0 Å². The van der Waals surface area contributed by atoms with Crippen molar-refractivity contribution in [1.29, 1.82) is 0 Å². The van der Waals surface area contributed by atoms with E-state index in [1.54, 1.807) is 12.3 Å². The highest BCUT2D eigenvalue weighted by Crippen LogP contribution is 2.34. The average Bonchev–Trinajstić information content (AvgIpc) is 2.96. The summed E-state index contributed by atoms with van der Waals surface area (Å²) >= 11 is 0. The summed E-state index contributed by atoms with van der Waals surface area (Å²) in [6.45, 7) is 7.04. The highest BCUT2D eigenvalue weighted by atomic mass is 19.4. The third-order valence-corrected chi connectivity index (χ3v) is 7.26. The molecule has 1 aliphatic heterocycles. The van der Waals surface area contributed by atoms with Gasteiger partial charge in [-0.3, -0.25) is 10.1 Å². The molecule has 1 aromatic carbocycles. The second kappa shape index (κ2) is 15.8. The fourth-order valence-corrected chi connectivity index (χ4v) is 4.86. The van der Waals surface area contributed by atoms with Crippen molar-refractivity contribution in [2.45, 2.75) is 77.6 Å². The van der Waals surface area contributed by atoms with Crippen LogP contribution in [0.4, 0.5) is 24.7 Å². The van der Waals surface area contributed by atoms with Crippen molar-refractivity contribution in [1.82, 2.24) is 15.2 Å². The number of pyridine rings is 1. The molecular weight excluding hydrogens is 519 g/mol. The Morgan fingerprint density at radius 2 is 1.62 bits per heavy atom. The normalized spacial score (nSPS) is 14.8. The van der Waals surface area contributed by atoms with Crippen molar-refractivity contribution >= 4 is 17.4 Å². The van der Waals surface area contributed by atoms with Crippen molar-refractivity contribution in [3.05, 3.63) is 53.2 Å². The standard InChI is InChI=1S/C30H44F3N5O2/c1-3-5-7-9-14-34-24-11-12-26(30(31,32)33)25(22-24)29(40)38-19-17-37(18-20-38)27-21-23(13-16-35-27)28(39)36-15-10-8-6-4-2/h11-13,16,21-22,28,34,36,39H,3-10,14-15,17-20H2,1-2H3. The van der Waals surface area contributed by atoms with Crippen LogP contribution in [0, 0.1) is 0 Å². The first kappa shape index (κ1) is 31.7. The summed E-state index contributed by atoms with van der Waals surface area (Å²) in [5, 5.41) is 16.8. The molecule has 0 aliphatic carbocycles. The predicted molar refractivity (Wildman–Crippen MR) is 154 cm³/mol. The molecular formula is C30H44F3N5O2. The van der Waals surface area contributed by atoms with Gasteiger partial charge >= 0.3 is 6.18 Å². The Hall–Kier alpha value is -2.85. The summed E-state index contributed by atoms with van der Waals surface area (Å²) in [7, 11) is 0.